The molecule has 4 aromatic carbocycles. The van der Waals surface area contributed by atoms with Crippen molar-refractivity contribution >= 4 is 51.1 Å². The van der Waals surface area contributed by atoms with Crippen molar-refractivity contribution in [2.24, 2.45) is 14.1 Å². The van der Waals surface area contributed by atoms with Gasteiger partial charge in [-0.1, -0.05) is 47.5 Å². The number of fused-ring (bicyclic) bond motifs is 2. The van der Waals surface area contributed by atoms with E-state index in [4.69, 9.17) is 37.4 Å². The average Bonchev–Trinajstić information content (AvgIpc) is 3.26. The molecule has 0 spiro atoms. The lowest BCUT2D eigenvalue weighted by Crippen LogP contribution is -2.49. The van der Waals surface area contributed by atoms with Crippen LogP contribution in [0.3, 0.4) is 0 Å². The minimum absolute atomic E-state index is 0.106. The van der Waals surface area contributed by atoms with Crippen LogP contribution in [0, 0.1) is 0 Å². The SMILES string of the molecule is Cn1c(=O)[nH]c(=O)c2ccc(OCC3(c4ccc(Cl)cc4)CCN(C(=O)OC(C)(C)C)CC3)cc21.Cn1c(=O)[nH]c(=O)c2ccc(OCC3(c4ccc(Cl)cc4)CCNCC3)cc21. The highest BCUT2D eigenvalue weighted by Crippen LogP contribution is 2.38. The topological polar surface area (TPSA) is 170 Å². The van der Waals surface area contributed by atoms with Gasteiger partial charge in [-0.05, 0) is 119 Å². The summed E-state index contributed by atoms with van der Waals surface area (Å²) < 4.78 is 20.8. The molecule has 0 atom stereocenters. The summed E-state index contributed by atoms with van der Waals surface area (Å²) in [6.45, 7) is 9.35. The molecule has 8 rings (SSSR count). The van der Waals surface area contributed by atoms with Gasteiger partial charge in [0.25, 0.3) is 11.1 Å². The number of piperidine rings is 2. The Morgan fingerprint density at radius 2 is 1.05 bits per heavy atom. The maximum absolute atomic E-state index is 12.6. The minimum Gasteiger partial charge on any atom is -0.493 e. The molecule has 16 heteroatoms. The smallest absolute Gasteiger partial charge is 0.410 e. The van der Waals surface area contributed by atoms with Crippen LogP contribution in [0.1, 0.15) is 57.6 Å². The van der Waals surface area contributed by atoms with E-state index in [1.54, 1.807) is 55.4 Å². The monoisotopic (exact) mass is 898 g/mol. The minimum atomic E-state index is -0.553. The molecule has 0 unspecified atom stereocenters. The van der Waals surface area contributed by atoms with Gasteiger partial charge in [0.15, 0.2) is 0 Å². The van der Waals surface area contributed by atoms with Gasteiger partial charge >= 0.3 is 17.5 Å². The molecular formula is C47H52Cl2N6O8. The number of carbonyl (C=O) groups excluding carboxylic acids is 1. The van der Waals surface area contributed by atoms with E-state index in [9.17, 15) is 24.0 Å². The van der Waals surface area contributed by atoms with Gasteiger partial charge in [0.2, 0.25) is 0 Å². The zero-order valence-corrected chi connectivity index (χ0v) is 37.5. The number of nitrogens with zero attached hydrogens (tertiary/aromatic N) is 3. The van der Waals surface area contributed by atoms with Crippen molar-refractivity contribution in [1.82, 2.24) is 29.3 Å². The molecule has 6 aromatic rings. The fourth-order valence-corrected chi connectivity index (χ4v) is 8.54. The number of hydrogen-bond acceptors (Lipinski definition) is 9. The number of aryl methyl sites for hydroxylation is 2. The first kappa shape index (κ1) is 45.2. The van der Waals surface area contributed by atoms with Crippen LogP contribution in [0.4, 0.5) is 4.79 Å². The zero-order chi connectivity index (χ0) is 45.1. The Kier molecular flexibility index (Phi) is 13.3. The first-order valence-corrected chi connectivity index (χ1v) is 21.6. The highest BCUT2D eigenvalue weighted by Gasteiger charge is 2.40. The summed E-state index contributed by atoms with van der Waals surface area (Å²) in [4.78, 5) is 67.0. The van der Waals surface area contributed by atoms with Gasteiger partial charge in [-0.3, -0.25) is 28.7 Å². The van der Waals surface area contributed by atoms with E-state index in [-0.39, 0.29) is 22.5 Å². The van der Waals surface area contributed by atoms with E-state index >= 15 is 0 Å². The Morgan fingerprint density at radius 3 is 1.46 bits per heavy atom. The van der Waals surface area contributed by atoms with Gasteiger partial charge in [-0.25, -0.2) is 14.4 Å². The summed E-state index contributed by atoms with van der Waals surface area (Å²) in [6, 6.07) is 26.0. The number of likely N-dealkylation sites (tertiary alicyclic amines) is 1. The van der Waals surface area contributed by atoms with Crippen molar-refractivity contribution in [3.8, 4) is 11.5 Å². The first-order valence-electron chi connectivity index (χ1n) is 20.9. The molecule has 1 amide bonds. The maximum Gasteiger partial charge on any atom is 0.410 e. The standard InChI is InChI=1S/C26H30ClN3O5.C21H22ClN3O3/c1-25(2,3)35-24(33)30-13-11-26(12-14-30,17-5-7-18(27)8-6-17)16-34-19-9-10-20-21(15-19)29(4)23(32)28-22(20)31;1-25-18-12-16(6-7-17(18)19(26)24-20(25)27)28-13-21(8-10-23-11-9-21)14-2-4-15(22)5-3-14/h5-10,15H,11-14,16H2,1-4H3,(H,28,31,32);2-7,12,23H,8-11,13H2,1H3,(H,24,26,27). The number of benzene rings is 4. The number of hydrogen-bond donors (Lipinski definition) is 3. The molecule has 332 valence electrons. The molecule has 2 fully saturated rings. The van der Waals surface area contributed by atoms with E-state index < -0.39 is 22.5 Å². The largest absolute Gasteiger partial charge is 0.493 e. The van der Waals surface area contributed by atoms with Crippen molar-refractivity contribution in [2.45, 2.75) is 62.9 Å². The summed E-state index contributed by atoms with van der Waals surface area (Å²) >= 11 is 12.2. The molecule has 4 heterocycles. The summed E-state index contributed by atoms with van der Waals surface area (Å²) in [7, 11) is 3.23. The van der Waals surface area contributed by atoms with Gasteiger partial charge in [-0.15, -0.1) is 0 Å². The van der Waals surface area contributed by atoms with E-state index in [1.807, 2.05) is 57.2 Å². The second-order valence-electron chi connectivity index (χ2n) is 17.4. The highest BCUT2D eigenvalue weighted by atomic mass is 35.5. The van der Waals surface area contributed by atoms with E-state index in [2.05, 4.69) is 27.4 Å². The predicted octanol–water partition coefficient (Wildman–Crippen LogP) is 6.81. The Morgan fingerprint density at radius 1 is 0.635 bits per heavy atom. The highest BCUT2D eigenvalue weighted by molar-refractivity contribution is 6.30. The zero-order valence-electron chi connectivity index (χ0n) is 36.0. The van der Waals surface area contributed by atoms with Crippen molar-refractivity contribution in [3.05, 3.63) is 148 Å². The average molecular weight is 900 g/mol. The van der Waals surface area contributed by atoms with Gasteiger partial charge in [0.1, 0.15) is 17.1 Å². The Balaban J connectivity index is 0.000000193. The summed E-state index contributed by atoms with van der Waals surface area (Å²) in [5, 5.41) is 5.65. The van der Waals surface area contributed by atoms with E-state index in [0.29, 0.717) is 77.5 Å². The molecule has 3 N–H and O–H groups in total. The predicted molar refractivity (Wildman–Crippen MR) is 246 cm³/mol. The van der Waals surface area contributed by atoms with E-state index in [1.165, 1.54) is 14.7 Å². The molecule has 2 saturated heterocycles. The quantitative estimate of drug-likeness (QED) is 0.149. The van der Waals surface area contributed by atoms with Crippen molar-refractivity contribution in [2.75, 3.05) is 39.4 Å². The van der Waals surface area contributed by atoms with Gasteiger partial charge < -0.3 is 24.4 Å². The molecule has 63 heavy (non-hydrogen) atoms. The van der Waals surface area contributed by atoms with Crippen molar-refractivity contribution < 1.29 is 19.0 Å². The summed E-state index contributed by atoms with van der Waals surface area (Å²) in [5.74, 6) is 1.20. The Hall–Kier alpha value is -5.83. The number of aromatic nitrogens is 4. The lowest BCUT2D eigenvalue weighted by atomic mass is 9.73. The van der Waals surface area contributed by atoms with Crippen LogP contribution in [-0.2, 0) is 29.7 Å². The molecular weight excluding hydrogens is 847 g/mol. The second kappa shape index (κ2) is 18.5. The first-order chi connectivity index (χ1) is 30.0. The summed E-state index contributed by atoms with van der Waals surface area (Å²) in [6.07, 6.45) is 2.96. The molecule has 14 nitrogen and oxygen atoms in total. The number of ether oxygens (including phenoxy) is 3. The number of amides is 1. The lowest BCUT2D eigenvalue weighted by molar-refractivity contribution is 0.0133. The molecule has 0 bridgehead atoms. The Bertz CT molecular complexity index is 2850. The van der Waals surface area contributed by atoms with Crippen LogP contribution in [0.2, 0.25) is 10.0 Å². The molecule has 0 radical (unpaired) electrons. The van der Waals surface area contributed by atoms with Crippen LogP contribution >= 0.6 is 23.2 Å². The molecule has 2 aliphatic heterocycles. The summed E-state index contributed by atoms with van der Waals surface area (Å²) in [5.41, 5.74) is 0.595. The van der Waals surface area contributed by atoms with Crippen molar-refractivity contribution in [3.63, 3.8) is 0 Å². The van der Waals surface area contributed by atoms with E-state index in [0.717, 1.165) is 36.5 Å². The van der Waals surface area contributed by atoms with Crippen molar-refractivity contribution in [1.29, 1.82) is 0 Å². The Labute approximate surface area is 373 Å². The maximum atomic E-state index is 12.6. The fourth-order valence-electron chi connectivity index (χ4n) is 8.29. The third-order valence-electron chi connectivity index (χ3n) is 12.1. The van der Waals surface area contributed by atoms with Crippen LogP contribution in [0.25, 0.3) is 21.8 Å². The number of nitrogens with one attached hydrogen (secondary N) is 3. The van der Waals surface area contributed by atoms with Crippen LogP contribution in [-0.4, -0.2) is 75.1 Å². The third-order valence-corrected chi connectivity index (χ3v) is 12.6. The van der Waals surface area contributed by atoms with Gasteiger partial charge in [0.05, 0.1) is 35.0 Å². The second-order valence-corrected chi connectivity index (χ2v) is 18.2. The normalized spacial score (nSPS) is 16.0. The number of H-pyrrole nitrogens is 2. The molecule has 0 aliphatic carbocycles. The van der Waals surface area contributed by atoms with Gasteiger partial charge in [0, 0.05) is 60.2 Å². The number of carbonyl (C=O) groups is 1. The van der Waals surface area contributed by atoms with Crippen LogP contribution in [0.15, 0.2) is 104 Å². The van der Waals surface area contributed by atoms with Crippen LogP contribution in [0.5, 0.6) is 11.5 Å². The number of halogens is 2. The number of aromatic amines is 2. The molecule has 0 saturated carbocycles. The number of rotatable bonds is 8. The third kappa shape index (κ3) is 10.2. The van der Waals surface area contributed by atoms with Gasteiger partial charge in [-0.2, -0.15) is 0 Å². The molecule has 2 aliphatic rings. The fraction of sp³-hybridized carbons (Fsp3) is 0.383. The van der Waals surface area contributed by atoms with Crippen LogP contribution < -0.4 is 37.3 Å². The molecule has 2 aromatic heterocycles. The lowest BCUT2D eigenvalue weighted by Gasteiger charge is -2.42.